The Labute approximate surface area is 107 Å². The van der Waals surface area contributed by atoms with Crippen LogP contribution in [-0.2, 0) is 7.05 Å². The van der Waals surface area contributed by atoms with Crippen LogP contribution < -0.4 is 5.73 Å². The number of rotatable bonds is 3. The van der Waals surface area contributed by atoms with Crippen LogP contribution in [0.25, 0.3) is 0 Å². The topological polar surface area (TPSA) is 115 Å². The summed E-state index contributed by atoms with van der Waals surface area (Å²) in [5.74, 6) is 0.762. The Bertz CT molecular complexity index is 594. The highest BCUT2D eigenvalue weighted by Gasteiger charge is 2.14. The molecule has 2 aromatic heterocycles. The first-order valence-electron chi connectivity index (χ1n) is 4.97. The van der Waals surface area contributed by atoms with Gasteiger partial charge in [0.1, 0.15) is 10.9 Å². The lowest BCUT2D eigenvalue weighted by Crippen LogP contribution is -2.15. The lowest BCUT2D eigenvalue weighted by Gasteiger charge is -2.04. The van der Waals surface area contributed by atoms with Crippen LogP contribution in [0.4, 0.5) is 0 Å². The molecule has 0 spiro atoms. The van der Waals surface area contributed by atoms with Gasteiger partial charge in [-0.05, 0) is 24.8 Å². The molecule has 2 aromatic rings. The fourth-order valence-electron chi connectivity index (χ4n) is 1.21. The quantitative estimate of drug-likeness (QED) is 0.351. The maximum absolute atomic E-state index is 8.71. The molecule has 0 saturated carbocycles. The maximum atomic E-state index is 8.71. The summed E-state index contributed by atoms with van der Waals surface area (Å²) in [5.41, 5.74) is 6.07. The number of nitrogens with zero attached hydrogens (tertiary/aromatic N) is 6. The zero-order valence-corrected chi connectivity index (χ0v) is 10.6. The molecule has 94 valence electrons. The van der Waals surface area contributed by atoms with Crippen LogP contribution in [0.1, 0.15) is 11.4 Å². The highest BCUT2D eigenvalue weighted by molar-refractivity contribution is 7.99. The van der Waals surface area contributed by atoms with Crippen molar-refractivity contribution >= 4 is 17.6 Å². The van der Waals surface area contributed by atoms with Gasteiger partial charge < -0.3 is 15.5 Å². The monoisotopic (exact) mass is 265 g/mol. The van der Waals surface area contributed by atoms with E-state index in [4.69, 9.17) is 10.9 Å². The first kappa shape index (κ1) is 12.3. The van der Waals surface area contributed by atoms with E-state index in [9.17, 15) is 0 Å². The Balaban J connectivity index is 2.38. The molecule has 0 unspecified atom stereocenters. The van der Waals surface area contributed by atoms with Gasteiger partial charge in [0.25, 0.3) is 0 Å². The van der Waals surface area contributed by atoms with E-state index in [1.54, 1.807) is 6.07 Å². The number of amidine groups is 1. The van der Waals surface area contributed by atoms with Crippen LogP contribution in [0.5, 0.6) is 0 Å². The predicted octanol–water partition coefficient (Wildman–Crippen LogP) is 0.159. The van der Waals surface area contributed by atoms with Gasteiger partial charge >= 0.3 is 0 Å². The predicted molar refractivity (Wildman–Crippen MR) is 64.4 cm³/mol. The van der Waals surface area contributed by atoms with Gasteiger partial charge in [0.05, 0.1) is 11.8 Å². The molecule has 2 rings (SSSR count). The van der Waals surface area contributed by atoms with Gasteiger partial charge in [0.2, 0.25) is 0 Å². The second kappa shape index (κ2) is 5.00. The Kier molecular flexibility index (Phi) is 3.42. The van der Waals surface area contributed by atoms with Crippen molar-refractivity contribution in [2.45, 2.75) is 17.1 Å². The molecule has 0 aliphatic rings. The summed E-state index contributed by atoms with van der Waals surface area (Å²) < 4.78 is 1.81. The summed E-state index contributed by atoms with van der Waals surface area (Å²) in [4.78, 5) is 0. The summed E-state index contributed by atoms with van der Waals surface area (Å²) in [6.45, 7) is 1.85. The van der Waals surface area contributed by atoms with E-state index in [1.165, 1.54) is 18.0 Å². The van der Waals surface area contributed by atoms with Gasteiger partial charge in [-0.25, -0.2) is 0 Å². The molecule has 0 aliphatic carbocycles. The molecule has 2 heterocycles. The first-order valence-corrected chi connectivity index (χ1v) is 5.78. The van der Waals surface area contributed by atoms with Crippen LogP contribution in [0.2, 0.25) is 0 Å². The molecule has 0 saturated heterocycles. The fraction of sp³-hybridized carbons (Fsp3) is 0.222. The molecular formula is C9H11N7OS. The number of oxime groups is 1. The van der Waals surface area contributed by atoms with Crippen LogP contribution >= 0.6 is 11.8 Å². The Morgan fingerprint density at radius 2 is 2.22 bits per heavy atom. The van der Waals surface area contributed by atoms with Crippen LogP contribution in [0, 0.1) is 6.92 Å². The number of hydrogen-bond acceptors (Lipinski definition) is 7. The van der Waals surface area contributed by atoms with Crippen molar-refractivity contribution in [1.29, 1.82) is 0 Å². The van der Waals surface area contributed by atoms with Crippen molar-refractivity contribution in [1.82, 2.24) is 25.0 Å². The van der Waals surface area contributed by atoms with E-state index in [2.05, 4.69) is 25.6 Å². The normalized spacial score (nSPS) is 11.8. The summed E-state index contributed by atoms with van der Waals surface area (Å²) in [7, 11) is 1.84. The average molecular weight is 265 g/mol. The molecule has 3 N–H and O–H groups in total. The molecule has 0 amide bonds. The Morgan fingerprint density at radius 3 is 2.83 bits per heavy atom. The van der Waals surface area contributed by atoms with Crippen molar-refractivity contribution < 1.29 is 5.21 Å². The number of hydrogen-bond donors (Lipinski definition) is 2. The van der Waals surface area contributed by atoms with E-state index in [0.29, 0.717) is 15.7 Å². The molecule has 0 radical (unpaired) electrons. The molecule has 18 heavy (non-hydrogen) atoms. The van der Waals surface area contributed by atoms with Crippen molar-refractivity contribution in [3.63, 3.8) is 0 Å². The van der Waals surface area contributed by atoms with Gasteiger partial charge in [-0.1, -0.05) is 5.16 Å². The molecular weight excluding hydrogens is 254 g/mol. The largest absolute Gasteiger partial charge is 0.409 e. The minimum absolute atomic E-state index is 0.0220. The van der Waals surface area contributed by atoms with E-state index in [1.807, 2.05) is 18.5 Å². The summed E-state index contributed by atoms with van der Waals surface area (Å²) in [6, 6.07) is 1.62. The van der Waals surface area contributed by atoms with Crippen molar-refractivity contribution in [2.75, 3.05) is 0 Å². The van der Waals surface area contributed by atoms with Crippen molar-refractivity contribution in [2.24, 2.45) is 17.9 Å². The van der Waals surface area contributed by atoms with Crippen LogP contribution in [0.15, 0.2) is 27.6 Å². The number of aryl methyl sites for hydroxylation is 1. The molecule has 0 bridgehead atoms. The molecule has 0 fully saturated rings. The minimum Gasteiger partial charge on any atom is -0.409 e. The Morgan fingerprint density at radius 1 is 1.44 bits per heavy atom. The van der Waals surface area contributed by atoms with E-state index < -0.39 is 0 Å². The van der Waals surface area contributed by atoms with Gasteiger partial charge in [-0.3, -0.25) is 0 Å². The van der Waals surface area contributed by atoms with E-state index in [-0.39, 0.29) is 5.84 Å². The Hall–Kier alpha value is -2.16. The lowest BCUT2D eigenvalue weighted by atomic mass is 10.3. The minimum atomic E-state index is -0.0220. The zero-order valence-electron chi connectivity index (χ0n) is 9.77. The fourth-order valence-corrected chi connectivity index (χ4v) is 2.10. The third-order valence-electron chi connectivity index (χ3n) is 2.31. The summed E-state index contributed by atoms with van der Waals surface area (Å²) in [6.07, 6.45) is 1.47. The van der Waals surface area contributed by atoms with E-state index >= 15 is 0 Å². The van der Waals surface area contributed by atoms with E-state index in [0.717, 1.165) is 5.82 Å². The summed E-state index contributed by atoms with van der Waals surface area (Å²) >= 11 is 1.25. The zero-order chi connectivity index (χ0) is 13.1. The smallest absolute Gasteiger partial charge is 0.197 e. The number of aromatic nitrogens is 5. The highest BCUT2D eigenvalue weighted by Crippen LogP contribution is 2.26. The lowest BCUT2D eigenvalue weighted by molar-refractivity contribution is 0.318. The van der Waals surface area contributed by atoms with Gasteiger partial charge in [0, 0.05) is 7.05 Å². The van der Waals surface area contributed by atoms with Crippen molar-refractivity contribution in [3.05, 3.63) is 23.7 Å². The third kappa shape index (κ3) is 2.25. The molecule has 0 aliphatic heterocycles. The molecule has 8 nitrogen and oxygen atoms in total. The van der Waals surface area contributed by atoms with Gasteiger partial charge in [-0.2, -0.15) is 5.10 Å². The summed E-state index contributed by atoms with van der Waals surface area (Å²) in [5, 5.41) is 28.5. The average Bonchev–Trinajstić information content (AvgIpc) is 2.70. The van der Waals surface area contributed by atoms with Crippen LogP contribution in [-0.4, -0.2) is 36.0 Å². The molecule has 0 atom stereocenters. The van der Waals surface area contributed by atoms with Crippen molar-refractivity contribution in [3.8, 4) is 0 Å². The first-order chi connectivity index (χ1) is 8.63. The SMILES string of the molecule is Cc1nnc(Sc2nnccc2/C(N)=N/O)n1C. The highest BCUT2D eigenvalue weighted by atomic mass is 32.2. The van der Waals surface area contributed by atoms with Gasteiger partial charge in [0.15, 0.2) is 11.0 Å². The second-order valence-electron chi connectivity index (χ2n) is 3.43. The van der Waals surface area contributed by atoms with Crippen LogP contribution in [0.3, 0.4) is 0 Å². The maximum Gasteiger partial charge on any atom is 0.197 e. The molecule has 9 heteroatoms. The van der Waals surface area contributed by atoms with Gasteiger partial charge in [-0.15, -0.1) is 15.3 Å². The number of nitrogens with two attached hydrogens (primary N) is 1. The second-order valence-corrected chi connectivity index (χ2v) is 4.38. The molecule has 0 aromatic carbocycles. The third-order valence-corrected chi connectivity index (χ3v) is 3.34. The standard InChI is InChI=1S/C9H11N7OS/c1-5-12-14-9(16(5)2)18-8-6(7(10)15-17)3-4-11-13-8/h3-4,17H,1-2H3,(H2,10,15).